The molecule has 1 aromatic rings. The molecular weight excluding hydrogens is 274 g/mol. The van der Waals surface area contributed by atoms with Crippen LogP contribution in [-0.4, -0.2) is 21.5 Å². The average Bonchev–Trinajstić information content (AvgIpc) is 2.98. The molecule has 1 saturated carbocycles. The summed E-state index contributed by atoms with van der Waals surface area (Å²) in [6.45, 7) is 1.83. The molecule has 0 amide bonds. The van der Waals surface area contributed by atoms with Gasteiger partial charge in [0.1, 0.15) is 10.7 Å². The lowest BCUT2D eigenvalue weighted by atomic mass is 10.2. The van der Waals surface area contributed by atoms with E-state index in [1.807, 2.05) is 6.92 Å². The van der Waals surface area contributed by atoms with Gasteiger partial charge in [-0.2, -0.15) is 0 Å². The standard InChI is InChI=1S/C12H16F2N2O2S/c1-7-5-10(7)16-19(17,18)11-4-3-9(13)8(6-15-2)12(11)14/h3-4,7,10,15-16H,5-6H2,1-2H3. The maximum Gasteiger partial charge on any atom is 0.243 e. The summed E-state index contributed by atoms with van der Waals surface area (Å²) in [7, 11) is -2.41. The van der Waals surface area contributed by atoms with Crippen LogP contribution in [0.15, 0.2) is 17.0 Å². The van der Waals surface area contributed by atoms with Crippen molar-refractivity contribution in [1.82, 2.24) is 10.0 Å². The molecule has 0 saturated heterocycles. The Hall–Kier alpha value is -1.05. The van der Waals surface area contributed by atoms with E-state index in [2.05, 4.69) is 10.0 Å². The quantitative estimate of drug-likeness (QED) is 0.861. The van der Waals surface area contributed by atoms with Crippen LogP contribution in [0.2, 0.25) is 0 Å². The van der Waals surface area contributed by atoms with E-state index in [1.54, 1.807) is 0 Å². The van der Waals surface area contributed by atoms with Crippen LogP contribution in [0.1, 0.15) is 18.9 Å². The predicted octanol–water partition coefficient (Wildman–Crippen LogP) is 1.37. The summed E-state index contributed by atoms with van der Waals surface area (Å²) in [6.07, 6.45) is 0.741. The number of benzene rings is 1. The first kappa shape index (κ1) is 14.4. The number of nitrogens with one attached hydrogen (secondary N) is 2. The molecule has 2 rings (SSSR count). The Morgan fingerprint density at radius 1 is 1.37 bits per heavy atom. The van der Waals surface area contributed by atoms with Crippen molar-refractivity contribution in [1.29, 1.82) is 0 Å². The Bertz CT molecular complexity index is 590. The molecule has 4 nitrogen and oxygen atoms in total. The monoisotopic (exact) mass is 290 g/mol. The zero-order valence-electron chi connectivity index (χ0n) is 10.7. The molecule has 0 bridgehead atoms. The molecule has 0 aromatic heterocycles. The van der Waals surface area contributed by atoms with E-state index in [0.717, 1.165) is 18.6 Å². The minimum absolute atomic E-state index is 0.0686. The van der Waals surface area contributed by atoms with Gasteiger partial charge in [-0.15, -0.1) is 0 Å². The number of halogens is 2. The van der Waals surface area contributed by atoms with E-state index in [-0.39, 0.29) is 24.1 Å². The van der Waals surface area contributed by atoms with Crippen molar-refractivity contribution >= 4 is 10.0 Å². The summed E-state index contributed by atoms with van der Waals surface area (Å²) in [5, 5.41) is 2.61. The average molecular weight is 290 g/mol. The summed E-state index contributed by atoms with van der Waals surface area (Å²) in [4.78, 5) is -0.502. The number of sulfonamides is 1. The fraction of sp³-hybridized carbons (Fsp3) is 0.500. The summed E-state index contributed by atoms with van der Waals surface area (Å²) in [6, 6.07) is 1.78. The fourth-order valence-corrected chi connectivity index (χ4v) is 3.33. The van der Waals surface area contributed by atoms with Crippen LogP contribution in [0.4, 0.5) is 8.78 Å². The van der Waals surface area contributed by atoms with Crippen LogP contribution in [0.25, 0.3) is 0 Å². The Balaban J connectivity index is 2.36. The zero-order chi connectivity index (χ0) is 14.2. The zero-order valence-corrected chi connectivity index (χ0v) is 11.5. The SMILES string of the molecule is CNCc1c(F)ccc(S(=O)(=O)NC2CC2C)c1F. The van der Waals surface area contributed by atoms with Gasteiger partial charge in [0.05, 0.1) is 0 Å². The van der Waals surface area contributed by atoms with E-state index >= 15 is 0 Å². The lowest BCUT2D eigenvalue weighted by molar-refractivity contribution is 0.517. The molecule has 7 heteroatoms. The predicted molar refractivity (Wildman–Crippen MR) is 67.0 cm³/mol. The minimum Gasteiger partial charge on any atom is -0.315 e. The minimum atomic E-state index is -3.94. The molecule has 1 aliphatic rings. The van der Waals surface area contributed by atoms with Crippen molar-refractivity contribution in [2.24, 2.45) is 5.92 Å². The van der Waals surface area contributed by atoms with Gasteiger partial charge in [0.2, 0.25) is 10.0 Å². The van der Waals surface area contributed by atoms with Crippen LogP contribution in [-0.2, 0) is 16.6 Å². The molecule has 1 aliphatic carbocycles. The van der Waals surface area contributed by atoms with Gasteiger partial charge in [-0.1, -0.05) is 6.92 Å². The third kappa shape index (κ3) is 2.93. The Kier molecular flexibility index (Phi) is 3.89. The highest BCUT2D eigenvalue weighted by Gasteiger charge is 2.37. The van der Waals surface area contributed by atoms with Crippen molar-refractivity contribution in [2.45, 2.75) is 30.8 Å². The van der Waals surface area contributed by atoms with E-state index in [1.165, 1.54) is 7.05 Å². The first-order valence-electron chi connectivity index (χ1n) is 6.00. The van der Waals surface area contributed by atoms with Gasteiger partial charge in [0.15, 0.2) is 5.82 Å². The third-order valence-corrected chi connectivity index (χ3v) is 4.72. The fourth-order valence-electron chi connectivity index (χ4n) is 1.87. The van der Waals surface area contributed by atoms with E-state index in [9.17, 15) is 17.2 Å². The van der Waals surface area contributed by atoms with Gasteiger partial charge in [-0.3, -0.25) is 0 Å². The van der Waals surface area contributed by atoms with Crippen molar-refractivity contribution in [3.63, 3.8) is 0 Å². The highest BCUT2D eigenvalue weighted by molar-refractivity contribution is 7.89. The normalized spacial score (nSPS) is 22.5. The molecule has 19 heavy (non-hydrogen) atoms. The van der Waals surface area contributed by atoms with E-state index in [0.29, 0.717) is 0 Å². The van der Waals surface area contributed by atoms with Crippen molar-refractivity contribution in [3.05, 3.63) is 29.3 Å². The molecule has 1 aromatic carbocycles. The van der Waals surface area contributed by atoms with Gasteiger partial charge in [0, 0.05) is 18.2 Å². The van der Waals surface area contributed by atoms with Crippen molar-refractivity contribution in [3.8, 4) is 0 Å². The smallest absolute Gasteiger partial charge is 0.243 e. The lowest BCUT2D eigenvalue weighted by Gasteiger charge is -2.11. The number of hydrogen-bond acceptors (Lipinski definition) is 3. The molecule has 0 radical (unpaired) electrons. The van der Waals surface area contributed by atoms with Gasteiger partial charge in [-0.05, 0) is 31.5 Å². The van der Waals surface area contributed by atoms with Gasteiger partial charge < -0.3 is 5.32 Å². The first-order valence-corrected chi connectivity index (χ1v) is 7.49. The summed E-state index contributed by atoms with van der Waals surface area (Å²) in [5.41, 5.74) is -0.269. The number of rotatable bonds is 5. The molecule has 0 heterocycles. The van der Waals surface area contributed by atoms with Crippen LogP contribution >= 0.6 is 0 Å². The Labute approximate surface area is 111 Å². The summed E-state index contributed by atoms with van der Waals surface area (Å²) in [5.74, 6) is -1.53. The summed E-state index contributed by atoms with van der Waals surface area (Å²) < 4.78 is 54.0. The van der Waals surface area contributed by atoms with Crippen LogP contribution in [0, 0.1) is 17.6 Å². The Morgan fingerprint density at radius 3 is 2.53 bits per heavy atom. The number of hydrogen-bond donors (Lipinski definition) is 2. The van der Waals surface area contributed by atoms with Crippen LogP contribution in [0.5, 0.6) is 0 Å². The maximum absolute atomic E-state index is 14.1. The molecule has 2 unspecified atom stereocenters. The van der Waals surface area contributed by atoms with Crippen LogP contribution < -0.4 is 10.0 Å². The van der Waals surface area contributed by atoms with Crippen molar-refractivity contribution < 1.29 is 17.2 Å². The second-order valence-corrected chi connectivity index (χ2v) is 6.49. The van der Waals surface area contributed by atoms with E-state index in [4.69, 9.17) is 0 Å². The molecular formula is C12H16F2N2O2S. The third-order valence-electron chi connectivity index (χ3n) is 3.21. The van der Waals surface area contributed by atoms with Gasteiger partial charge >= 0.3 is 0 Å². The highest BCUT2D eigenvalue weighted by Crippen LogP contribution is 2.31. The van der Waals surface area contributed by atoms with Gasteiger partial charge in [0.25, 0.3) is 0 Å². The molecule has 0 spiro atoms. The Morgan fingerprint density at radius 2 is 2.00 bits per heavy atom. The second-order valence-electron chi connectivity index (χ2n) is 4.81. The first-order chi connectivity index (χ1) is 8.86. The molecule has 2 N–H and O–H groups in total. The lowest BCUT2D eigenvalue weighted by Crippen LogP contribution is -2.28. The topological polar surface area (TPSA) is 58.2 Å². The van der Waals surface area contributed by atoms with Crippen molar-refractivity contribution in [2.75, 3.05) is 7.05 Å². The van der Waals surface area contributed by atoms with Gasteiger partial charge in [-0.25, -0.2) is 21.9 Å². The summed E-state index contributed by atoms with van der Waals surface area (Å²) >= 11 is 0. The highest BCUT2D eigenvalue weighted by atomic mass is 32.2. The van der Waals surface area contributed by atoms with E-state index < -0.39 is 26.6 Å². The van der Waals surface area contributed by atoms with Crippen LogP contribution in [0.3, 0.4) is 0 Å². The maximum atomic E-state index is 14.1. The molecule has 2 atom stereocenters. The second kappa shape index (κ2) is 5.15. The molecule has 106 valence electrons. The molecule has 0 aliphatic heterocycles. The molecule has 1 fully saturated rings. The largest absolute Gasteiger partial charge is 0.315 e.